The molecule has 3 N–H and O–H groups in total. The molecule has 4 nitrogen and oxygen atoms in total. The summed E-state index contributed by atoms with van der Waals surface area (Å²) in [5, 5.41) is 3.04. The quantitative estimate of drug-likeness (QED) is 0.560. The number of carbonyl (C=O) groups is 1. The molecule has 0 bridgehead atoms. The van der Waals surface area contributed by atoms with Crippen molar-refractivity contribution in [2.75, 3.05) is 20.1 Å². The monoisotopic (exact) mass is 293 g/mol. The average Bonchev–Trinajstić information content (AvgIpc) is 2.47. The van der Waals surface area contributed by atoms with E-state index in [4.69, 9.17) is 5.73 Å². The molecule has 120 valence electrons. The minimum Gasteiger partial charge on any atom is -0.397 e. The van der Waals surface area contributed by atoms with Gasteiger partial charge in [0.25, 0.3) is 0 Å². The predicted octanol–water partition coefficient (Wildman–Crippen LogP) is 2.77. The van der Waals surface area contributed by atoms with Crippen LogP contribution in [0.3, 0.4) is 0 Å². The lowest BCUT2D eigenvalue weighted by Crippen LogP contribution is -2.39. The third kappa shape index (κ3) is 6.34. The van der Waals surface area contributed by atoms with Crippen LogP contribution < -0.4 is 11.1 Å². The zero-order chi connectivity index (χ0) is 15.7. The molecule has 0 unspecified atom stereocenters. The van der Waals surface area contributed by atoms with Crippen LogP contribution in [-0.2, 0) is 4.79 Å². The SMILES string of the molecule is CC/C=C(NC(=O)C1CCN(C)CC1)/C(N)=C\CCCC. The standard InChI is InChI=1S/C17H31N3O/c1-4-6-7-9-15(18)16(8-5-2)19-17(21)14-10-12-20(3)13-11-14/h8-9,14H,4-7,10-13,18H2,1-3H3,(H,19,21)/b15-9+,16-8-. The van der Waals surface area contributed by atoms with Crippen molar-refractivity contribution in [3.63, 3.8) is 0 Å². The van der Waals surface area contributed by atoms with Crippen molar-refractivity contribution in [1.29, 1.82) is 0 Å². The van der Waals surface area contributed by atoms with Gasteiger partial charge in [-0.2, -0.15) is 0 Å². The van der Waals surface area contributed by atoms with Crippen LogP contribution in [-0.4, -0.2) is 30.9 Å². The van der Waals surface area contributed by atoms with Crippen LogP contribution in [0.2, 0.25) is 0 Å². The first-order chi connectivity index (χ1) is 10.1. The number of piperidine rings is 1. The molecule has 0 aromatic heterocycles. The summed E-state index contributed by atoms with van der Waals surface area (Å²) < 4.78 is 0. The normalized spacial score (nSPS) is 18.8. The number of rotatable bonds is 7. The Morgan fingerprint density at radius 2 is 1.95 bits per heavy atom. The van der Waals surface area contributed by atoms with E-state index in [-0.39, 0.29) is 11.8 Å². The van der Waals surface area contributed by atoms with E-state index in [1.54, 1.807) is 0 Å². The third-order valence-electron chi connectivity index (χ3n) is 3.99. The smallest absolute Gasteiger partial charge is 0.227 e. The van der Waals surface area contributed by atoms with Gasteiger partial charge in [0, 0.05) is 5.92 Å². The minimum absolute atomic E-state index is 0.116. The van der Waals surface area contributed by atoms with E-state index >= 15 is 0 Å². The zero-order valence-electron chi connectivity index (χ0n) is 13.8. The second kappa shape index (κ2) is 9.61. The van der Waals surface area contributed by atoms with Crippen LogP contribution in [0.25, 0.3) is 0 Å². The zero-order valence-corrected chi connectivity index (χ0v) is 13.8. The molecule has 1 fully saturated rings. The maximum atomic E-state index is 12.4. The number of nitrogens with two attached hydrogens (primary N) is 1. The summed E-state index contributed by atoms with van der Waals surface area (Å²) in [7, 11) is 2.10. The molecular weight excluding hydrogens is 262 g/mol. The first-order valence-electron chi connectivity index (χ1n) is 8.24. The molecule has 0 saturated carbocycles. The van der Waals surface area contributed by atoms with Crippen molar-refractivity contribution in [3.8, 4) is 0 Å². The molecule has 1 heterocycles. The summed E-state index contributed by atoms with van der Waals surface area (Å²) in [5.74, 6) is 0.236. The molecule has 0 aliphatic carbocycles. The van der Waals surface area contributed by atoms with Crippen LogP contribution >= 0.6 is 0 Å². The van der Waals surface area contributed by atoms with Crippen molar-refractivity contribution in [2.24, 2.45) is 11.7 Å². The van der Waals surface area contributed by atoms with E-state index in [2.05, 4.69) is 31.1 Å². The van der Waals surface area contributed by atoms with Gasteiger partial charge in [-0.3, -0.25) is 4.79 Å². The van der Waals surface area contributed by atoms with Gasteiger partial charge in [-0.15, -0.1) is 0 Å². The maximum Gasteiger partial charge on any atom is 0.227 e. The summed E-state index contributed by atoms with van der Waals surface area (Å²) in [6, 6.07) is 0. The van der Waals surface area contributed by atoms with Crippen molar-refractivity contribution in [2.45, 2.75) is 52.4 Å². The molecule has 1 rings (SSSR count). The number of carbonyl (C=O) groups excluding carboxylic acids is 1. The summed E-state index contributed by atoms with van der Waals surface area (Å²) in [4.78, 5) is 14.6. The fourth-order valence-electron chi connectivity index (χ4n) is 2.52. The second-order valence-corrected chi connectivity index (χ2v) is 5.89. The van der Waals surface area contributed by atoms with E-state index in [0.29, 0.717) is 5.70 Å². The maximum absolute atomic E-state index is 12.4. The predicted molar refractivity (Wildman–Crippen MR) is 88.5 cm³/mol. The summed E-state index contributed by atoms with van der Waals surface area (Å²) >= 11 is 0. The average molecular weight is 293 g/mol. The summed E-state index contributed by atoms with van der Waals surface area (Å²) in [6.45, 7) is 6.20. The van der Waals surface area contributed by atoms with Crippen molar-refractivity contribution < 1.29 is 4.79 Å². The lowest BCUT2D eigenvalue weighted by Gasteiger charge is -2.28. The van der Waals surface area contributed by atoms with Gasteiger partial charge in [0.1, 0.15) is 0 Å². The van der Waals surface area contributed by atoms with Gasteiger partial charge in [-0.1, -0.05) is 32.4 Å². The molecule has 1 aliphatic rings. The van der Waals surface area contributed by atoms with Gasteiger partial charge >= 0.3 is 0 Å². The van der Waals surface area contributed by atoms with E-state index in [1.807, 2.05) is 12.2 Å². The number of nitrogens with zero attached hydrogens (tertiary/aromatic N) is 1. The molecule has 0 atom stereocenters. The van der Waals surface area contributed by atoms with Gasteiger partial charge in [0.05, 0.1) is 11.4 Å². The Kier molecular flexibility index (Phi) is 8.13. The number of hydrogen-bond donors (Lipinski definition) is 2. The highest BCUT2D eigenvalue weighted by Gasteiger charge is 2.23. The Morgan fingerprint density at radius 3 is 2.52 bits per heavy atom. The molecule has 0 radical (unpaired) electrons. The number of allylic oxidation sites excluding steroid dienone is 2. The van der Waals surface area contributed by atoms with E-state index in [1.165, 1.54) is 0 Å². The Hall–Kier alpha value is -1.29. The third-order valence-corrected chi connectivity index (χ3v) is 3.99. The highest BCUT2D eigenvalue weighted by atomic mass is 16.1. The van der Waals surface area contributed by atoms with Crippen molar-refractivity contribution >= 4 is 5.91 Å². The Balaban J connectivity index is 2.59. The number of nitrogens with one attached hydrogen (secondary N) is 1. The summed E-state index contributed by atoms with van der Waals surface area (Å²) in [6.07, 6.45) is 10.0. The van der Waals surface area contributed by atoms with Gasteiger partial charge in [0.2, 0.25) is 5.91 Å². The van der Waals surface area contributed by atoms with E-state index in [0.717, 1.165) is 57.3 Å². The first kappa shape index (κ1) is 17.8. The summed E-state index contributed by atoms with van der Waals surface area (Å²) in [5.41, 5.74) is 7.60. The molecule has 0 spiro atoms. The molecule has 4 heteroatoms. The van der Waals surface area contributed by atoms with Gasteiger partial charge in [0.15, 0.2) is 0 Å². The number of hydrogen-bond acceptors (Lipinski definition) is 3. The number of likely N-dealkylation sites (tertiary alicyclic amines) is 1. The topological polar surface area (TPSA) is 58.4 Å². The minimum atomic E-state index is 0.116. The highest BCUT2D eigenvalue weighted by molar-refractivity contribution is 5.81. The van der Waals surface area contributed by atoms with Crippen molar-refractivity contribution in [1.82, 2.24) is 10.2 Å². The van der Waals surface area contributed by atoms with Crippen LogP contribution in [0.5, 0.6) is 0 Å². The van der Waals surface area contributed by atoms with Gasteiger partial charge < -0.3 is 16.0 Å². The highest BCUT2D eigenvalue weighted by Crippen LogP contribution is 2.17. The number of unbranched alkanes of at least 4 members (excludes halogenated alkanes) is 2. The van der Waals surface area contributed by atoms with Crippen molar-refractivity contribution in [3.05, 3.63) is 23.5 Å². The van der Waals surface area contributed by atoms with Gasteiger partial charge in [-0.25, -0.2) is 0 Å². The van der Waals surface area contributed by atoms with E-state index < -0.39 is 0 Å². The van der Waals surface area contributed by atoms with Gasteiger partial charge in [-0.05, 0) is 52.2 Å². The molecular formula is C17H31N3O. The molecule has 0 aromatic rings. The molecule has 0 aromatic carbocycles. The van der Waals surface area contributed by atoms with Crippen LogP contribution in [0.1, 0.15) is 52.4 Å². The van der Waals surface area contributed by atoms with Crippen LogP contribution in [0.4, 0.5) is 0 Å². The van der Waals surface area contributed by atoms with Crippen LogP contribution in [0.15, 0.2) is 23.5 Å². The Morgan fingerprint density at radius 1 is 1.29 bits per heavy atom. The molecule has 21 heavy (non-hydrogen) atoms. The lowest BCUT2D eigenvalue weighted by molar-refractivity contribution is -0.125. The Labute approximate surface area is 129 Å². The molecule has 1 saturated heterocycles. The second-order valence-electron chi connectivity index (χ2n) is 5.89. The fraction of sp³-hybridized carbons (Fsp3) is 0.706. The Bertz CT molecular complexity index is 379. The molecule has 1 aliphatic heterocycles. The largest absolute Gasteiger partial charge is 0.397 e. The first-order valence-corrected chi connectivity index (χ1v) is 8.24. The van der Waals surface area contributed by atoms with E-state index in [9.17, 15) is 4.79 Å². The molecule has 1 amide bonds. The van der Waals surface area contributed by atoms with Crippen LogP contribution in [0, 0.1) is 5.92 Å². The fourth-order valence-corrected chi connectivity index (χ4v) is 2.52. The number of amides is 1. The lowest BCUT2D eigenvalue weighted by atomic mass is 9.96.